The van der Waals surface area contributed by atoms with Crippen LogP contribution in [-0.4, -0.2) is 51.8 Å². The number of hydrogen-bond acceptors (Lipinski definition) is 4. The van der Waals surface area contributed by atoms with Crippen LogP contribution < -0.4 is 10.9 Å². The van der Waals surface area contributed by atoms with Crippen molar-refractivity contribution in [3.8, 4) is 0 Å². The second-order valence-electron chi connectivity index (χ2n) is 7.81. The van der Waals surface area contributed by atoms with Gasteiger partial charge in [-0.1, -0.05) is 30.3 Å². The number of aromatic amines is 1. The number of likely N-dealkylation sites (tertiary alicyclic amines) is 1. The number of aromatic nitrogens is 2. The maximum absolute atomic E-state index is 13.0. The number of carbonyl (C=O) groups excluding carboxylic acids is 2. The number of nitrogens with zero attached hydrogens (tertiary/aromatic N) is 3. The van der Waals surface area contributed by atoms with Gasteiger partial charge in [-0.05, 0) is 37.1 Å². The van der Waals surface area contributed by atoms with Crippen molar-refractivity contribution in [1.82, 2.24) is 19.8 Å². The Morgan fingerprint density at radius 3 is 2.71 bits per heavy atom. The third-order valence-electron chi connectivity index (χ3n) is 5.51. The molecule has 3 aromatic rings. The highest BCUT2D eigenvalue weighted by Gasteiger charge is 2.30. The molecule has 1 aliphatic rings. The van der Waals surface area contributed by atoms with Crippen molar-refractivity contribution in [2.45, 2.75) is 19.4 Å². The molecule has 2 heterocycles. The minimum atomic E-state index is -0.285. The van der Waals surface area contributed by atoms with Gasteiger partial charge < -0.3 is 20.1 Å². The highest BCUT2D eigenvalue weighted by molar-refractivity contribution is 5.90. The monoisotopic (exact) mass is 419 g/mol. The lowest BCUT2D eigenvalue weighted by Crippen LogP contribution is -2.47. The number of rotatable bonds is 4. The average Bonchev–Trinajstić information content (AvgIpc) is 2.79. The number of carbonyl (C=O) groups is 2. The van der Waals surface area contributed by atoms with Gasteiger partial charge in [0.15, 0.2) is 0 Å². The molecule has 1 atom stereocenters. The van der Waals surface area contributed by atoms with Gasteiger partial charge in [-0.25, -0.2) is 9.78 Å². The molecular formula is C23H25N5O3. The van der Waals surface area contributed by atoms with Crippen molar-refractivity contribution < 1.29 is 9.59 Å². The summed E-state index contributed by atoms with van der Waals surface area (Å²) in [5, 5.41) is 3.40. The zero-order valence-corrected chi connectivity index (χ0v) is 17.4. The number of anilines is 1. The summed E-state index contributed by atoms with van der Waals surface area (Å²) in [6.45, 7) is 1.18. The first kappa shape index (κ1) is 20.6. The van der Waals surface area contributed by atoms with E-state index >= 15 is 0 Å². The van der Waals surface area contributed by atoms with Crippen LogP contribution in [0.3, 0.4) is 0 Å². The van der Waals surface area contributed by atoms with Crippen LogP contribution >= 0.6 is 0 Å². The molecular weight excluding hydrogens is 394 g/mol. The number of hydrogen-bond donors (Lipinski definition) is 2. The number of para-hydroxylation sites is 2. The molecule has 8 nitrogen and oxygen atoms in total. The van der Waals surface area contributed by atoms with Crippen LogP contribution in [0.5, 0.6) is 0 Å². The summed E-state index contributed by atoms with van der Waals surface area (Å²) in [5.41, 5.74) is 1.11. The van der Waals surface area contributed by atoms with E-state index in [0.29, 0.717) is 29.8 Å². The third-order valence-corrected chi connectivity index (χ3v) is 5.51. The Bertz CT molecular complexity index is 1140. The van der Waals surface area contributed by atoms with E-state index in [0.717, 1.165) is 18.5 Å². The molecule has 1 saturated heterocycles. The highest BCUT2D eigenvalue weighted by atomic mass is 16.2. The quantitative estimate of drug-likeness (QED) is 0.679. The van der Waals surface area contributed by atoms with Gasteiger partial charge in [0.2, 0.25) is 5.91 Å². The zero-order chi connectivity index (χ0) is 21.8. The molecule has 8 heteroatoms. The number of H-pyrrole nitrogens is 1. The van der Waals surface area contributed by atoms with Crippen LogP contribution in [-0.2, 0) is 11.3 Å². The summed E-state index contributed by atoms with van der Waals surface area (Å²) in [6, 6.07) is 16.2. The molecule has 0 unspecified atom stereocenters. The molecule has 1 aliphatic heterocycles. The van der Waals surface area contributed by atoms with Gasteiger partial charge >= 0.3 is 6.03 Å². The van der Waals surface area contributed by atoms with Gasteiger partial charge in [0.05, 0.1) is 23.4 Å². The molecule has 2 N–H and O–H groups in total. The Morgan fingerprint density at radius 2 is 1.90 bits per heavy atom. The van der Waals surface area contributed by atoms with Crippen molar-refractivity contribution in [2.24, 2.45) is 5.92 Å². The lowest BCUT2D eigenvalue weighted by atomic mass is 9.97. The van der Waals surface area contributed by atoms with Gasteiger partial charge in [-0.15, -0.1) is 0 Å². The summed E-state index contributed by atoms with van der Waals surface area (Å²) in [6.07, 6.45) is 1.48. The molecule has 3 amide bonds. The molecule has 0 bridgehead atoms. The first-order valence-electron chi connectivity index (χ1n) is 10.3. The van der Waals surface area contributed by atoms with Crippen LogP contribution in [0.2, 0.25) is 0 Å². The van der Waals surface area contributed by atoms with Crippen LogP contribution in [0.15, 0.2) is 59.4 Å². The van der Waals surface area contributed by atoms with E-state index in [1.807, 2.05) is 36.4 Å². The largest absolute Gasteiger partial charge is 0.338 e. The number of fused-ring (bicyclic) bond motifs is 1. The SMILES string of the molecule is CN(Cc1nc2ccccc2c(=O)[nH]1)C(=O)[C@@H]1CCCN(C(=O)Nc2ccccc2)C1. The molecule has 0 aliphatic carbocycles. The predicted octanol–water partition coefficient (Wildman–Crippen LogP) is 2.83. The maximum atomic E-state index is 13.0. The molecule has 4 rings (SSSR count). The normalized spacial score (nSPS) is 16.2. The summed E-state index contributed by atoms with van der Waals surface area (Å²) in [4.78, 5) is 48.4. The Hall–Kier alpha value is -3.68. The number of nitrogens with one attached hydrogen (secondary N) is 2. The number of urea groups is 1. The summed E-state index contributed by atoms with van der Waals surface area (Å²) in [5.74, 6) is 0.0921. The fourth-order valence-corrected chi connectivity index (χ4v) is 3.91. The number of piperidine rings is 1. The van der Waals surface area contributed by atoms with Crippen molar-refractivity contribution >= 4 is 28.5 Å². The average molecular weight is 419 g/mol. The first-order chi connectivity index (χ1) is 15.0. The minimum absolute atomic E-state index is 0.0620. The van der Waals surface area contributed by atoms with E-state index < -0.39 is 0 Å². The minimum Gasteiger partial charge on any atom is -0.338 e. The lowest BCUT2D eigenvalue weighted by molar-refractivity contribution is -0.136. The third kappa shape index (κ3) is 4.74. The summed E-state index contributed by atoms with van der Waals surface area (Å²) >= 11 is 0. The molecule has 0 radical (unpaired) electrons. The van der Waals surface area contributed by atoms with Crippen molar-refractivity contribution in [2.75, 3.05) is 25.5 Å². The van der Waals surface area contributed by atoms with Gasteiger partial charge in [0, 0.05) is 25.8 Å². The highest BCUT2D eigenvalue weighted by Crippen LogP contribution is 2.20. The van der Waals surface area contributed by atoms with E-state index in [2.05, 4.69) is 15.3 Å². The topological polar surface area (TPSA) is 98.4 Å². The molecule has 0 spiro atoms. The van der Waals surface area contributed by atoms with Gasteiger partial charge in [-0.2, -0.15) is 0 Å². The maximum Gasteiger partial charge on any atom is 0.321 e. The molecule has 1 aromatic heterocycles. The summed E-state index contributed by atoms with van der Waals surface area (Å²) < 4.78 is 0. The molecule has 2 aromatic carbocycles. The van der Waals surface area contributed by atoms with Crippen LogP contribution in [0.25, 0.3) is 10.9 Å². The second-order valence-corrected chi connectivity index (χ2v) is 7.81. The van der Waals surface area contributed by atoms with Crippen LogP contribution in [0.1, 0.15) is 18.7 Å². The van der Waals surface area contributed by atoms with E-state index in [1.165, 1.54) is 0 Å². The molecule has 0 saturated carbocycles. The molecule has 31 heavy (non-hydrogen) atoms. The standard InChI is InChI=1S/C23H25N5O3/c1-27(15-20-25-19-12-6-5-11-18(19)21(29)26-20)22(30)16-8-7-13-28(14-16)23(31)24-17-9-3-2-4-10-17/h2-6,9-12,16H,7-8,13-15H2,1H3,(H,24,31)(H,25,26,29)/t16-/m1/s1. The van der Waals surface area contributed by atoms with E-state index in [1.54, 1.807) is 35.0 Å². The van der Waals surface area contributed by atoms with Crippen molar-refractivity contribution in [1.29, 1.82) is 0 Å². The van der Waals surface area contributed by atoms with Gasteiger partial charge in [0.25, 0.3) is 5.56 Å². The fraction of sp³-hybridized carbons (Fsp3) is 0.304. The van der Waals surface area contributed by atoms with Crippen LogP contribution in [0.4, 0.5) is 10.5 Å². The Balaban J connectivity index is 1.40. The van der Waals surface area contributed by atoms with Gasteiger partial charge in [0.1, 0.15) is 5.82 Å². The zero-order valence-electron chi connectivity index (χ0n) is 17.4. The van der Waals surface area contributed by atoms with Crippen molar-refractivity contribution in [3.63, 3.8) is 0 Å². The predicted molar refractivity (Wildman–Crippen MR) is 119 cm³/mol. The van der Waals surface area contributed by atoms with E-state index in [-0.39, 0.29) is 30.0 Å². The first-order valence-corrected chi connectivity index (χ1v) is 10.3. The summed E-state index contributed by atoms with van der Waals surface area (Å²) in [7, 11) is 1.69. The smallest absolute Gasteiger partial charge is 0.321 e. The second kappa shape index (κ2) is 8.99. The van der Waals surface area contributed by atoms with E-state index in [4.69, 9.17) is 0 Å². The number of benzene rings is 2. The Labute approximate surface area is 179 Å². The lowest BCUT2D eigenvalue weighted by Gasteiger charge is -2.33. The van der Waals surface area contributed by atoms with E-state index in [9.17, 15) is 14.4 Å². The Kier molecular flexibility index (Phi) is 5.97. The molecule has 1 fully saturated rings. The fourth-order valence-electron chi connectivity index (χ4n) is 3.91. The van der Waals surface area contributed by atoms with Crippen LogP contribution in [0, 0.1) is 5.92 Å². The van der Waals surface area contributed by atoms with Gasteiger partial charge in [-0.3, -0.25) is 9.59 Å². The number of amides is 3. The Morgan fingerprint density at radius 1 is 1.16 bits per heavy atom. The van der Waals surface area contributed by atoms with Crippen molar-refractivity contribution in [3.05, 3.63) is 70.8 Å². The molecule has 160 valence electrons.